The van der Waals surface area contributed by atoms with Crippen LogP contribution in [-0.4, -0.2) is 31.3 Å². The first kappa shape index (κ1) is 15.3. The third kappa shape index (κ3) is 3.93. The van der Waals surface area contributed by atoms with Crippen LogP contribution in [0.25, 0.3) is 0 Å². The Bertz CT molecular complexity index is 423. The van der Waals surface area contributed by atoms with Gasteiger partial charge in [-0.3, -0.25) is 0 Å². The van der Waals surface area contributed by atoms with Gasteiger partial charge in [0.05, 0.1) is 0 Å². The van der Waals surface area contributed by atoms with E-state index in [4.69, 9.17) is 5.11 Å². The van der Waals surface area contributed by atoms with Crippen LogP contribution in [0.3, 0.4) is 0 Å². The number of halogens is 1. The molecule has 1 atom stereocenters. The second-order valence-electron chi connectivity index (χ2n) is 5.52. The van der Waals surface area contributed by atoms with Gasteiger partial charge in [-0.2, -0.15) is 0 Å². The molecule has 20 heavy (non-hydrogen) atoms. The van der Waals surface area contributed by atoms with Crippen LogP contribution in [0.15, 0.2) is 18.2 Å². The molecule has 1 aromatic rings. The second kappa shape index (κ2) is 7.60. The van der Waals surface area contributed by atoms with E-state index < -0.39 is 0 Å². The van der Waals surface area contributed by atoms with Gasteiger partial charge in [-0.15, -0.1) is 0 Å². The number of anilines is 1. The molecule has 2 N–H and O–H groups in total. The van der Waals surface area contributed by atoms with Crippen LogP contribution in [0.1, 0.15) is 31.7 Å². The van der Waals surface area contributed by atoms with Crippen molar-refractivity contribution in [3.05, 3.63) is 29.6 Å². The second-order valence-corrected chi connectivity index (χ2v) is 5.52. The maximum absolute atomic E-state index is 13.5. The van der Waals surface area contributed by atoms with Crippen molar-refractivity contribution in [1.82, 2.24) is 5.32 Å². The van der Waals surface area contributed by atoms with Gasteiger partial charge < -0.3 is 15.3 Å². The number of aliphatic hydroxyl groups excluding tert-OH is 1. The van der Waals surface area contributed by atoms with Crippen molar-refractivity contribution in [2.24, 2.45) is 5.92 Å². The highest BCUT2D eigenvalue weighted by Gasteiger charge is 2.21. The molecule has 1 unspecified atom stereocenters. The number of hydrogen-bond donors (Lipinski definition) is 2. The van der Waals surface area contributed by atoms with E-state index in [2.05, 4.69) is 17.1 Å². The number of nitrogens with zero attached hydrogens (tertiary/aromatic N) is 1. The summed E-state index contributed by atoms with van der Waals surface area (Å²) in [4.78, 5) is 2.34. The summed E-state index contributed by atoms with van der Waals surface area (Å²) in [5.41, 5.74) is 2.16. The van der Waals surface area contributed by atoms with Crippen LogP contribution in [0.5, 0.6) is 0 Å². The largest absolute Gasteiger partial charge is 0.396 e. The fraction of sp³-hybridized carbons (Fsp3) is 0.625. The standard InChI is InChI=1S/C16H25FN2O/c1-2-18-11-14-10-15(17)5-6-16(14)19-8-3-4-13(12-19)7-9-20/h5-6,10,13,18,20H,2-4,7-9,11-12H2,1H3. The van der Waals surface area contributed by atoms with E-state index in [1.165, 1.54) is 6.42 Å². The quantitative estimate of drug-likeness (QED) is 0.840. The van der Waals surface area contributed by atoms with Crippen LogP contribution >= 0.6 is 0 Å². The zero-order chi connectivity index (χ0) is 14.4. The van der Waals surface area contributed by atoms with Gasteiger partial charge in [-0.1, -0.05) is 6.92 Å². The Hall–Kier alpha value is -1.13. The maximum Gasteiger partial charge on any atom is 0.123 e. The van der Waals surface area contributed by atoms with E-state index in [-0.39, 0.29) is 12.4 Å². The van der Waals surface area contributed by atoms with Gasteiger partial charge in [0.1, 0.15) is 5.82 Å². The number of nitrogens with one attached hydrogen (secondary N) is 1. The minimum absolute atomic E-state index is 0.175. The number of piperidine rings is 1. The van der Waals surface area contributed by atoms with Crippen LogP contribution < -0.4 is 10.2 Å². The molecule has 0 bridgehead atoms. The Balaban J connectivity index is 2.13. The molecule has 0 radical (unpaired) electrons. The van der Waals surface area contributed by atoms with Crippen molar-refractivity contribution in [2.45, 2.75) is 32.7 Å². The van der Waals surface area contributed by atoms with Crippen molar-refractivity contribution in [3.8, 4) is 0 Å². The van der Waals surface area contributed by atoms with Gasteiger partial charge in [0.2, 0.25) is 0 Å². The topological polar surface area (TPSA) is 35.5 Å². The average Bonchev–Trinajstić information content (AvgIpc) is 2.46. The van der Waals surface area contributed by atoms with Gasteiger partial charge in [0.25, 0.3) is 0 Å². The van der Waals surface area contributed by atoms with Gasteiger partial charge >= 0.3 is 0 Å². The number of aliphatic hydroxyl groups is 1. The summed E-state index contributed by atoms with van der Waals surface area (Å²) in [6.45, 7) is 5.87. The zero-order valence-electron chi connectivity index (χ0n) is 12.2. The molecule has 1 fully saturated rings. The Morgan fingerprint density at radius 1 is 1.45 bits per heavy atom. The molecule has 0 aliphatic carbocycles. The SMILES string of the molecule is CCNCc1cc(F)ccc1N1CCCC(CCO)C1. The molecule has 3 nitrogen and oxygen atoms in total. The smallest absolute Gasteiger partial charge is 0.123 e. The first-order chi connectivity index (χ1) is 9.74. The highest BCUT2D eigenvalue weighted by molar-refractivity contribution is 5.54. The lowest BCUT2D eigenvalue weighted by molar-refractivity contribution is 0.244. The summed E-state index contributed by atoms with van der Waals surface area (Å²) in [6, 6.07) is 5.07. The van der Waals surface area contributed by atoms with Gasteiger partial charge in [-0.05, 0) is 55.5 Å². The normalized spacial score (nSPS) is 19.4. The van der Waals surface area contributed by atoms with Crippen molar-refractivity contribution in [2.75, 3.05) is 31.1 Å². The van der Waals surface area contributed by atoms with Crippen LogP contribution in [-0.2, 0) is 6.54 Å². The molecule has 1 aliphatic heterocycles. The van der Waals surface area contributed by atoms with Crippen LogP contribution in [0, 0.1) is 11.7 Å². The van der Waals surface area contributed by atoms with Gasteiger partial charge in [0, 0.05) is 31.9 Å². The van der Waals surface area contributed by atoms with E-state index in [1.807, 2.05) is 6.07 Å². The highest BCUT2D eigenvalue weighted by atomic mass is 19.1. The monoisotopic (exact) mass is 280 g/mol. The summed E-state index contributed by atoms with van der Waals surface area (Å²) >= 11 is 0. The first-order valence-corrected chi connectivity index (χ1v) is 7.59. The molecule has 4 heteroatoms. The highest BCUT2D eigenvalue weighted by Crippen LogP contribution is 2.28. The lowest BCUT2D eigenvalue weighted by Crippen LogP contribution is -2.36. The van der Waals surface area contributed by atoms with Crippen molar-refractivity contribution < 1.29 is 9.50 Å². The fourth-order valence-corrected chi connectivity index (χ4v) is 2.97. The van der Waals surface area contributed by atoms with Gasteiger partial charge in [0.15, 0.2) is 0 Å². The van der Waals surface area contributed by atoms with E-state index in [0.717, 1.165) is 43.7 Å². The van der Waals surface area contributed by atoms with E-state index in [9.17, 15) is 4.39 Å². The molecule has 1 aromatic carbocycles. The lowest BCUT2D eigenvalue weighted by atomic mass is 9.94. The zero-order valence-corrected chi connectivity index (χ0v) is 12.2. The summed E-state index contributed by atoms with van der Waals surface area (Å²) in [5.74, 6) is 0.372. The molecule has 1 saturated heterocycles. The summed E-state index contributed by atoms with van der Waals surface area (Å²) < 4.78 is 13.5. The van der Waals surface area contributed by atoms with E-state index in [1.54, 1.807) is 12.1 Å². The summed E-state index contributed by atoms with van der Waals surface area (Å²) in [6.07, 6.45) is 3.18. The lowest BCUT2D eigenvalue weighted by Gasteiger charge is -2.35. The van der Waals surface area contributed by atoms with Gasteiger partial charge in [-0.25, -0.2) is 4.39 Å². The fourth-order valence-electron chi connectivity index (χ4n) is 2.97. The van der Waals surface area contributed by atoms with E-state index in [0.29, 0.717) is 12.5 Å². The third-order valence-electron chi connectivity index (χ3n) is 4.00. The van der Waals surface area contributed by atoms with Crippen LogP contribution in [0.2, 0.25) is 0 Å². The maximum atomic E-state index is 13.5. The molecule has 0 spiro atoms. The Morgan fingerprint density at radius 3 is 3.05 bits per heavy atom. The Morgan fingerprint density at radius 2 is 2.30 bits per heavy atom. The first-order valence-electron chi connectivity index (χ1n) is 7.59. The molecule has 0 saturated carbocycles. The Kier molecular flexibility index (Phi) is 5.80. The minimum atomic E-state index is -0.175. The molecule has 0 amide bonds. The van der Waals surface area contributed by atoms with Crippen LogP contribution in [0.4, 0.5) is 10.1 Å². The molecule has 112 valence electrons. The molecule has 1 aliphatic rings. The van der Waals surface area contributed by atoms with Crippen molar-refractivity contribution in [3.63, 3.8) is 0 Å². The predicted molar refractivity (Wildman–Crippen MR) is 80.4 cm³/mol. The molecule has 0 aromatic heterocycles. The average molecular weight is 280 g/mol. The molecule has 2 rings (SSSR count). The number of rotatable bonds is 6. The number of benzene rings is 1. The van der Waals surface area contributed by atoms with E-state index >= 15 is 0 Å². The summed E-state index contributed by atoms with van der Waals surface area (Å²) in [5, 5.41) is 12.4. The predicted octanol–water partition coefficient (Wildman–Crippen LogP) is 2.53. The molecular weight excluding hydrogens is 255 g/mol. The number of hydrogen-bond acceptors (Lipinski definition) is 3. The molecular formula is C16H25FN2O. The molecule has 1 heterocycles. The Labute approximate surface area is 120 Å². The summed E-state index contributed by atoms with van der Waals surface area (Å²) in [7, 11) is 0. The van der Waals surface area contributed by atoms with Crippen molar-refractivity contribution in [1.29, 1.82) is 0 Å². The third-order valence-corrected chi connectivity index (χ3v) is 4.00. The van der Waals surface area contributed by atoms with Crippen molar-refractivity contribution >= 4 is 5.69 Å². The minimum Gasteiger partial charge on any atom is -0.396 e.